The second-order valence-corrected chi connectivity index (χ2v) is 10.5. The summed E-state index contributed by atoms with van der Waals surface area (Å²) in [5.74, 6) is 0.320. The van der Waals surface area contributed by atoms with E-state index in [-0.39, 0.29) is 18.0 Å². The number of rotatable bonds is 7. The minimum Gasteiger partial charge on any atom is -0.444 e. The summed E-state index contributed by atoms with van der Waals surface area (Å²) in [5.41, 5.74) is 3.49. The van der Waals surface area contributed by atoms with Gasteiger partial charge in [0.1, 0.15) is 11.4 Å². The third kappa shape index (κ3) is 7.73. The second-order valence-electron chi connectivity index (χ2n) is 10.5. The zero-order valence-electron chi connectivity index (χ0n) is 22.1. The van der Waals surface area contributed by atoms with E-state index < -0.39 is 5.60 Å². The molecule has 0 radical (unpaired) electrons. The smallest absolute Gasteiger partial charge is 0.410 e. The summed E-state index contributed by atoms with van der Waals surface area (Å²) in [7, 11) is 0. The minimum atomic E-state index is -0.490. The van der Waals surface area contributed by atoms with Crippen LogP contribution in [-0.4, -0.2) is 63.7 Å². The molecule has 1 aliphatic heterocycles. The molecule has 37 heavy (non-hydrogen) atoms. The van der Waals surface area contributed by atoms with Crippen molar-refractivity contribution in [1.29, 1.82) is 0 Å². The molecular formula is C29H36FN5O2. The number of piperazine rings is 1. The second kappa shape index (κ2) is 11.7. The van der Waals surface area contributed by atoms with Crippen LogP contribution in [-0.2, 0) is 17.7 Å². The molecule has 8 heteroatoms. The fraction of sp³-hybridized carbons (Fsp3) is 0.414. The van der Waals surface area contributed by atoms with Crippen LogP contribution < -0.4 is 5.32 Å². The highest BCUT2D eigenvalue weighted by Crippen LogP contribution is 2.22. The number of aromatic nitrogens is 2. The van der Waals surface area contributed by atoms with Crippen LogP contribution in [0.5, 0.6) is 0 Å². The Morgan fingerprint density at radius 1 is 1.11 bits per heavy atom. The lowest BCUT2D eigenvalue weighted by Crippen LogP contribution is -2.54. The van der Waals surface area contributed by atoms with Gasteiger partial charge >= 0.3 is 6.09 Å². The Morgan fingerprint density at radius 2 is 1.89 bits per heavy atom. The van der Waals surface area contributed by atoms with Crippen LogP contribution in [0, 0.1) is 5.82 Å². The van der Waals surface area contributed by atoms with Crippen LogP contribution in [0.4, 0.5) is 15.1 Å². The molecule has 196 valence electrons. The van der Waals surface area contributed by atoms with Crippen LogP contribution in [0.3, 0.4) is 0 Å². The Kier molecular flexibility index (Phi) is 8.38. The fourth-order valence-corrected chi connectivity index (χ4v) is 4.40. The summed E-state index contributed by atoms with van der Waals surface area (Å²) in [4.78, 5) is 25.7. The van der Waals surface area contributed by atoms with E-state index in [0.717, 1.165) is 29.9 Å². The first-order chi connectivity index (χ1) is 17.7. The molecule has 1 aromatic heterocycles. The van der Waals surface area contributed by atoms with Gasteiger partial charge in [-0.1, -0.05) is 30.3 Å². The van der Waals surface area contributed by atoms with E-state index in [4.69, 9.17) is 4.74 Å². The zero-order valence-corrected chi connectivity index (χ0v) is 22.1. The number of ether oxygens (including phenoxy) is 1. The van der Waals surface area contributed by atoms with E-state index in [9.17, 15) is 9.18 Å². The van der Waals surface area contributed by atoms with E-state index >= 15 is 0 Å². The van der Waals surface area contributed by atoms with Gasteiger partial charge < -0.3 is 15.0 Å². The molecule has 1 N–H and O–H groups in total. The minimum absolute atomic E-state index is 0.220. The van der Waals surface area contributed by atoms with E-state index in [2.05, 4.69) is 39.2 Å². The van der Waals surface area contributed by atoms with Gasteiger partial charge in [0.15, 0.2) is 0 Å². The maximum Gasteiger partial charge on any atom is 0.410 e. The van der Waals surface area contributed by atoms with Crippen molar-refractivity contribution >= 4 is 12.0 Å². The van der Waals surface area contributed by atoms with Crippen LogP contribution in [0.15, 0.2) is 60.8 Å². The summed E-state index contributed by atoms with van der Waals surface area (Å²) in [6.45, 7) is 11.3. The number of carbonyl (C=O) groups excluding carboxylic acids is 1. The average molecular weight is 506 g/mol. The number of carbonyl (C=O) groups is 1. The molecule has 0 spiro atoms. The van der Waals surface area contributed by atoms with Crippen LogP contribution >= 0.6 is 0 Å². The fourth-order valence-electron chi connectivity index (χ4n) is 4.40. The monoisotopic (exact) mass is 505 g/mol. The lowest BCUT2D eigenvalue weighted by Gasteiger charge is -2.40. The molecule has 1 amide bonds. The molecule has 1 unspecified atom stereocenters. The first kappa shape index (κ1) is 26.5. The highest BCUT2D eigenvalue weighted by Gasteiger charge is 2.29. The number of nitrogens with one attached hydrogen (secondary N) is 1. The number of benzene rings is 2. The molecular weight excluding hydrogens is 469 g/mol. The van der Waals surface area contributed by atoms with Crippen molar-refractivity contribution in [2.75, 3.05) is 31.5 Å². The molecule has 3 aromatic rings. The number of halogens is 1. The quantitative estimate of drug-likeness (QED) is 0.465. The van der Waals surface area contributed by atoms with Crippen LogP contribution in [0.1, 0.15) is 38.8 Å². The van der Waals surface area contributed by atoms with Crippen molar-refractivity contribution in [1.82, 2.24) is 19.8 Å². The van der Waals surface area contributed by atoms with Gasteiger partial charge in [-0.25, -0.2) is 19.2 Å². The number of hydrogen-bond donors (Lipinski definition) is 1. The Morgan fingerprint density at radius 3 is 2.65 bits per heavy atom. The largest absolute Gasteiger partial charge is 0.444 e. The van der Waals surface area contributed by atoms with E-state index in [1.807, 2.05) is 45.0 Å². The lowest BCUT2D eigenvalue weighted by molar-refractivity contribution is 0.00461. The highest BCUT2D eigenvalue weighted by atomic mass is 19.1. The van der Waals surface area contributed by atoms with Gasteiger partial charge in [-0.15, -0.1) is 0 Å². The molecule has 1 fully saturated rings. The van der Waals surface area contributed by atoms with Crippen molar-refractivity contribution < 1.29 is 13.9 Å². The molecule has 0 bridgehead atoms. The standard InChI is InChI=1S/C29H36FN5O2/c1-21-19-35(28(36)37-29(2,3)4)16-15-34(21)20-23-8-5-9-24(17-23)26-12-14-32-27(33-26)31-13-11-22-7-6-10-25(30)18-22/h5-10,12,14,17-18,21H,11,13,15-16,19-20H2,1-4H3,(H,31,32,33). The summed E-state index contributed by atoms with van der Waals surface area (Å²) in [6.07, 6.45) is 2.18. The molecule has 4 rings (SSSR count). The van der Waals surface area contributed by atoms with Crippen molar-refractivity contribution in [2.45, 2.75) is 52.3 Å². The Balaban J connectivity index is 1.35. The van der Waals surface area contributed by atoms with Gasteiger partial charge in [-0.3, -0.25) is 4.90 Å². The molecule has 0 aliphatic carbocycles. The number of amides is 1. The van der Waals surface area contributed by atoms with Crippen molar-refractivity contribution in [3.8, 4) is 11.3 Å². The van der Waals surface area contributed by atoms with E-state index in [0.29, 0.717) is 32.0 Å². The average Bonchev–Trinajstić information content (AvgIpc) is 2.85. The first-order valence-electron chi connectivity index (χ1n) is 12.8. The lowest BCUT2D eigenvalue weighted by atomic mass is 10.1. The molecule has 1 aliphatic rings. The number of nitrogens with zero attached hydrogens (tertiary/aromatic N) is 4. The van der Waals surface area contributed by atoms with E-state index in [1.54, 1.807) is 23.2 Å². The van der Waals surface area contributed by atoms with Gasteiger partial charge in [-0.05, 0) is 69.5 Å². The normalized spacial score (nSPS) is 16.5. The number of hydrogen-bond acceptors (Lipinski definition) is 6. The maximum absolute atomic E-state index is 13.4. The Bertz CT molecular complexity index is 1210. The third-order valence-electron chi connectivity index (χ3n) is 6.27. The molecule has 0 saturated carbocycles. The molecule has 1 atom stereocenters. The maximum atomic E-state index is 13.4. The third-order valence-corrected chi connectivity index (χ3v) is 6.27. The summed E-state index contributed by atoms with van der Waals surface area (Å²) in [5, 5.41) is 3.24. The van der Waals surface area contributed by atoms with Gasteiger partial charge in [0.2, 0.25) is 5.95 Å². The predicted octanol–water partition coefficient (Wildman–Crippen LogP) is 5.38. The van der Waals surface area contributed by atoms with Gasteiger partial charge in [0, 0.05) is 50.5 Å². The van der Waals surface area contributed by atoms with E-state index in [1.165, 1.54) is 11.6 Å². The Labute approximate surface area is 218 Å². The molecule has 2 heterocycles. The first-order valence-corrected chi connectivity index (χ1v) is 12.8. The molecule has 2 aromatic carbocycles. The van der Waals surface area contributed by atoms with Crippen molar-refractivity contribution in [3.63, 3.8) is 0 Å². The van der Waals surface area contributed by atoms with Gasteiger partial charge in [0.25, 0.3) is 0 Å². The summed E-state index contributed by atoms with van der Waals surface area (Å²) < 4.78 is 18.9. The van der Waals surface area contributed by atoms with Crippen LogP contribution in [0.25, 0.3) is 11.3 Å². The van der Waals surface area contributed by atoms with Crippen LogP contribution in [0.2, 0.25) is 0 Å². The van der Waals surface area contributed by atoms with Gasteiger partial charge in [0.05, 0.1) is 5.69 Å². The van der Waals surface area contributed by atoms with Gasteiger partial charge in [-0.2, -0.15) is 0 Å². The van der Waals surface area contributed by atoms with Crippen molar-refractivity contribution in [2.24, 2.45) is 0 Å². The topological polar surface area (TPSA) is 70.6 Å². The SMILES string of the molecule is CC1CN(C(=O)OC(C)(C)C)CCN1Cc1cccc(-c2ccnc(NCCc3cccc(F)c3)n2)c1. The summed E-state index contributed by atoms with van der Waals surface area (Å²) >= 11 is 0. The van der Waals surface area contributed by atoms with Crippen molar-refractivity contribution in [3.05, 3.63) is 77.7 Å². The predicted molar refractivity (Wildman–Crippen MR) is 144 cm³/mol. The summed E-state index contributed by atoms with van der Waals surface area (Å²) in [6, 6.07) is 17.1. The Hall–Kier alpha value is -3.52. The zero-order chi connectivity index (χ0) is 26.4. The number of anilines is 1. The molecule has 1 saturated heterocycles. The highest BCUT2D eigenvalue weighted by molar-refractivity contribution is 5.68. The molecule has 7 nitrogen and oxygen atoms in total.